The van der Waals surface area contributed by atoms with Crippen LogP contribution in [0.25, 0.3) is 0 Å². The number of nitrogens with zero attached hydrogens (tertiary/aromatic N) is 1. The van der Waals surface area contributed by atoms with Crippen molar-refractivity contribution in [1.29, 1.82) is 0 Å². The molecule has 0 saturated heterocycles. The van der Waals surface area contributed by atoms with E-state index in [9.17, 15) is 12.8 Å². The fourth-order valence-electron chi connectivity index (χ4n) is 3.02. The Morgan fingerprint density at radius 1 is 0.964 bits per heavy atom. The molecule has 1 unspecified atom stereocenters. The molecule has 0 radical (unpaired) electrons. The highest BCUT2D eigenvalue weighted by atomic mass is 32.2. The molecule has 0 amide bonds. The molecular weight excluding hydrogens is 377 g/mol. The molecule has 0 spiro atoms. The topological polar surface area (TPSA) is 46.6 Å². The maximum atomic E-state index is 13.7. The van der Waals surface area contributed by atoms with Crippen molar-refractivity contribution in [2.75, 3.05) is 11.4 Å². The first-order valence-corrected chi connectivity index (χ1v) is 10.3. The van der Waals surface area contributed by atoms with Gasteiger partial charge < -0.3 is 4.74 Å². The van der Waals surface area contributed by atoms with Crippen LogP contribution in [0.5, 0.6) is 5.75 Å². The summed E-state index contributed by atoms with van der Waals surface area (Å²) < 4.78 is 47.1. The van der Waals surface area contributed by atoms with Crippen molar-refractivity contribution >= 4 is 15.7 Å². The van der Waals surface area contributed by atoms with Crippen molar-refractivity contribution in [2.24, 2.45) is 0 Å². The van der Waals surface area contributed by atoms with Crippen LogP contribution in [0.4, 0.5) is 10.1 Å². The molecule has 1 atom stereocenters. The van der Waals surface area contributed by atoms with Gasteiger partial charge in [-0.15, -0.1) is 0 Å². The van der Waals surface area contributed by atoms with Crippen molar-refractivity contribution in [3.63, 3.8) is 0 Å². The lowest BCUT2D eigenvalue weighted by molar-refractivity contribution is 0.415. The number of aryl methyl sites for hydroxylation is 1. The number of benzene rings is 3. The minimum atomic E-state index is -4.00. The Bertz CT molecular complexity index is 1050. The summed E-state index contributed by atoms with van der Waals surface area (Å²) in [5.74, 6) is 0.0218. The van der Waals surface area contributed by atoms with Crippen LogP contribution in [-0.4, -0.2) is 15.5 Å². The van der Waals surface area contributed by atoms with Gasteiger partial charge in [-0.25, -0.2) is 12.8 Å². The van der Waals surface area contributed by atoms with Crippen LogP contribution in [0.3, 0.4) is 0 Å². The van der Waals surface area contributed by atoms with Crippen molar-refractivity contribution in [2.45, 2.75) is 24.8 Å². The summed E-state index contributed by atoms with van der Waals surface area (Å²) in [4.78, 5) is -0.0951. The van der Waals surface area contributed by atoms with E-state index in [1.54, 1.807) is 31.4 Å². The summed E-state index contributed by atoms with van der Waals surface area (Å²) in [5, 5.41) is 0. The molecule has 6 heteroatoms. The molecule has 0 fully saturated rings. The third-order valence-corrected chi connectivity index (χ3v) is 6.49. The molecule has 146 valence electrons. The van der Waals surface area contributed by atoms with Gasteiger partial charge in [0, 0.05) is 0 Å². The second-order valence-electron chi connectivity index (χ2n) is 6.54. The second kappa shape index (κ2) is 8.02. The van der Waals surface area contributed by atoms with Crippen molar-refractivity contribution < 1.29 is 17.5 Å². The zero-order valence-corrected chi connectivity index (χ0v) is 16.8. The predicted molar refractivity (Wildman–Crippen MR) is 109 cm³/mol. The van der Waals surface area contributed by atoms with E-state index in [-0.39, 0.29) is 4.90 Å². The third-order valence-electron chi connectivity index (χ3n) is 4.59. The largest absolute Gasteiger partial charge is 0.497 e. The number of rotatable bonds is 6. The number of sulfonamides is 1. The van der Waals surface area contributed by atoms with Gasteiger partial charge >= 0.3 is 0 Å². The molecule has 28 heavy (non-hydrogen) atoms. The molecule has 0 aromatic heterocycles. The molecule has 0 N–H and O–H groups in total. The number of anilines is 1. The van der Waals surface area contributed by atoms with E-state index in [1.807, 2.05) is 38.1 Å². The SMILES string of the molecule is COc1ccc(N(C(C)c2ccc(C)cc2)S(=O)(=O)c2cccc(F)c2)cc1. The quantitative estimate of drug-likeness (QED) is 0.579. The third kappa shape index (κ3) is 4.02. The maximum Gasteiger partial charge on any atom is 0.264 e. The summed E-state index contributed by atoms with van der Waals surface area (Å²) in [6, 6.07) is 19.0. The number of hydrogen-bond acceptors (Lipinski definition) is 3. The number of methoxy groups -OCH3 is 1. The van der Waals surface area contributed by atoms with Crippen molar-refractivity contribution in [3.05, 3.63) is 89.7 Å². The van der Waals surface area contributed by atoms with Gasteiger partial charge in [0.05, 0.1) is 23.7 Å². The Morgan fingerprint density at radius 2 is 1.61 bits per heavy atom. The van der Waals surface area contributed by atoms with Crippen LogP contribution in [-0.2, 0) is 10.0 Å². The predicted octanol–water partition coefficient (Wildman–Crippen LogP) is 5.10. The molecule has 0 aliphatic carbocycles. The van der Waals surface area contributed by atoms with Crippen LogP contribution >= 0.6 is 0 Å². The summed E-state index contributed by atoms with van der Waals surface area (Å²) in [6.07, 6.45) is 0. The zero-order valence-electron chi connectivity index (χ0n) is 16.0. The number of halogens is 1. The van der Waals surface area contributed by atoms with Gasteiger partial charge in [0.2, 0.25) is 0 Å². The maximum absolute atomic E-state index is 13.7. The van der Waals surface area contributed by atoms with E-state index in [4.69, 9.17) is 4.74 Å². The van der Waals surface area contributed by atoms with E-state index >= 15 is 0 Å². The molecule has 4 nitrogen and oxygen atoms in total. The first kappa shape index (κ1) is 19.9. The summed E-state index contributed by atoms with van der Waals surface area (Å²) in [5.41, 5.74) is 2.39. The van der Waals surface area contributed by atoms with Crippen LogP contribution < -0.4 is 9.04 Å². The zero-order chi connectivity index (χ0) is 20.3. The highest BCUT2D eigenvalue weighted by molar-refractivity contribution is 7.92. The summed E-state index contributed by atoms with van der Waals surface area (Å²) in [6.45, 7) is 3.78. The van der Waals surface area contributed by atoms with Gasteiger partial charge in [0.25, 0.3) is 10.0 Å². The van der Waals surface area contributed by atoms with Gasteiger partial charge in [-0.2, -0.15) is 0 Å². The van der Waals surface area contributed by atoms with E-state index in [1.165, 1.54) is 22.5 Å². The summed E-state index contributed by atoms with van der Waals surface area (Å²) in [7, 11) is -2.45. The monoisotopic (exact) mass is 399 g/mol. The lowest BCUT2D eigenvalue weighted by Gasteiger charge is -2.31. The van der Waals surface area contributed by atoms with Gasteiger partial charge in [-0.1, -0.05) is 35.9 Å². The fraction of sp³-hybridized carbons (Fsp3) is 0.182. The Labute approximate surface area is 165 Å². The van der Waals surface area contributed by atoms with Gasteiger partial charge in [-0.3, -0.25) is 4.31 Å². The normalized spacial score (nSPS) is 12.4. The molecule has 0 aliphatic rings. The Hall–Kier alpha value is -2.86. The van der Waals surface area contributed by atoms with Gasteiger partial charge in [0.1, 0.15) is 11.6 Å². The fourth-order valence-corrected chi connectivity index (χ4v) is 4.70. The minimum Gasteiger partial charge on any atom is -0.497 e. The highest BCUT2D eigenvalue weighted by Crippen LogP contribution is 2.34. The lowest BCUT2D eigenvalue weighted by atomic mass is 10.1. The molecular formula is C22H22FNO3S. The van der Waals surface area contributed by atoms with Crippen LogP contribution in [0.15, 0.2) is 77.7 Å². The molecule has 0 aliphatic heterocycles. The molecule has 0 bridgehead atoms. The standard InChI is InChI=1S/C22H22FNO3S/c1-16-7-9-18(10-8-16)17(2)24(20-11-13-21(27-3)14-12-20)28(25,26)22-6-4-5-19(23)15-22/h4-15,17H,1-3H3. The Balaban J connectivity index is 2.14. The van der Waals surface area contributed by atoms with Gasteiger partial charge in [-0.05, 0) is 61.9 Å². The smallest absolute Gasteiger partial charge is 0.264 e. The first-order valence-electron chi connectivity index (χ1n) is 8.83. The van der Waals surface area contributed by atoms with E-state index < -0.39 is 21.9 Å². The lowest BCUT2D eigenvalue weighted by Crippen LogP contribution is -2.33. The Morgan fingerprint density at radius 3 is 2.18 bits per heavy atom. The van der Waals surface area contributed by atoms with Crippen LogP contribution in [0, 0.1) is 12.7 Å². The van der Waals surface area contributed by atoms with Crippen molar-refractivity contribution in [3.8, 4) is 5.75 Å². The first-order chi connectivity index (χ1) is 13.3. The highest BCUT2D eigenvalue weighted by Gasteiger charge is 2.30. The average molecular weight is 399 g/mol. The second-order valence-corrected chi connectivity index (χ2v) is 8.36. The van der Waals surface area contributed by atoms with Crippen LogP contribution in [0.1, 0.15) is 24.1 Å². The van der Waals surface area contributed by atoms with E-state index in [0.29, 0.717) is 11.4 Å². The molecule has 0 heterocycles. The molecule has 3 aromatic rings. The molecule has 0 saturated carbocycles. The Kier molecular flexibility index (Phi) is 5.70. The minimum absolute atomic E-state index is 0.0951. The van der Waals surface area contributed by atoms with E-state index in [2.05, 4.69) is 0 Å². The van der Waals surface area contributed by atoms with E-state index in [0.717, 1.165) is 17.2 Å². The number of hydrogen-bond donors (Lipinski definition) is 0. The van der Waals surface area contributed by atoms with Gasteiger partial charge in [0.15, 0.2) is 0 Å². The average Bonchev–Trinajstić information content (AvgIpc) is 2.69. The number of ether oxygens (including phenoxy) is 1. The summed E-state index contributed by atoms with van der Waals surface area (Å²) >= 11 is 0. The van der Waals surface area contributed by atoms with Crippen LogP contribution in [0.2, 0.25) is 0 Å². The molecule has 3 rings (SSSR count). The van der Waals surface area contributed by atoms with Crippen molar-refractivity contribution in [1.82, 2.24) is 0 Å². The molecule has 3 aromatic carbocycles.